The van der Waals surface area contributed by atoms with Gasteiger partial charge in [-0.2, -0.15) is 0 Å². The van der Waals surface area contributed by atoms with E-state index in [-0.39, 0.29) is 6.04 Å². The molecule has 0 aliphatic heterocycles. The Balaban J connectivity index is 2.01. The Labute approximate surface area is 112 Å². The van der Waals surface area contributed by atoms with Gasteiger partial charge in [-0.25, -0.2) is 4.98 Å². The van der Waals surface area contributed by atoms with Crippen LogP contribution in [0.25, 0.3) is 11.1 Å². The van der Waals surface area contributed by atoms with Crippen molar-refractivity contribution in [2.75, 3.05) is 0 Å². The van der Waals surface area contributed by atoms with Crippen LogP contribution in [0.1, 0.15) is 28.6 Å². The van der Waals surface area contributed by atoms with Crippen molar-refractivity contribution in [3.8, 4) is 0 Å². The van der Waals surface area contributed by atoms with Gasteiger partial charge in [0.2, 0.25) is 0 Å². The number of aryl methyl sites for hydroxylation is 2. The molecule has 0 amide bonds. The van der Waals surface area contributed by atoms with Crippen molar-refractivity contribution in [2.24, 2.45) is 5.73 Å². The predicted molar refractivity (Wildman–Crippen MR) is 76.0 cm³/mol. The molecule has 3 aromatic rings. The largest absolute Gasteiger partial charge is 0.457 e. The highest BCUT2D eigenvalue weighted by atomic mass is 16.3. The minimum Gasteiger partial charge on any atom is -0.457 e. The minimum absolute atomic E-state index is 0.255. The molecule has 0 saturated carbocycles. The van der Waals surface area contributed by atoms with Crippen molar-refractivity contribution in [3.05, 3.63) is 65.0 Å². The maximum atomic E-state index is 6.25. The van der Waals surface area contributed by atoms with Crippen molar-refractivity contribution < 1.29 is 4.42 Å². The zero-order valence-corrected chi connectivity index (χ0v) is 11.1. The molecule has 3 rings (SSSR count). The summed E-state index contributed by atoms with van der Waals surface area (Å²) >= 11 is 0. The van der Waals surface area contributed by atoms with Gasteiger partial charge >= 0.3 is 0 Å². The van der Waals surface area contributed by atoms with Crippen LogP contribution in [0.2, 0.25) is 0 Å². The second-order valence-corrected chi connectivity index (χ2v) is 4.87. The van der Waals surface area contributed by atoms with Crippen molar-refractivity contribution in [1.29, 1.82) is 0 Å². The van der Waals surface area contributed by atoms with E-state index in [9.17, 15) is 0 Å². The lowest BCUT2D eigenvalue weighted by Crippen LogP contribution is -2.10. The molecule has 96 valence electrons. The van der Waals surface area contributed by atoms with Crippen LogP contribution < -0.4 is 5.73 Å². The quantitative estimate of drug-likeness (QED) is 0.759. The van der Waals surface area contributed by atoms with Gasteiger partial charge in [0.05, 0.1) is 6.04 Å². The Kier molecular flexibility index (Phi) is 2.84. The van der Waals surface area contributed by atoms with Crippen LogP contribution in [0, 0.1) is 13.8 Å². The van der Waals surface area contributed by atoms with Gasteiger partial charge < -0.3 is 10.2 Å². The molecule has 1 atom stereocenters. The van der Waals surface area contributed by atoms with E-state index in [1.807, 2.05) is 37.3 Å². The molecule has 2 N–H and O–H groups in total. The van der Waals surface area contributed by atoms with Crippen LogP contribution >= 0.6 is 0 Å². The van der Waals surface area contributed by atoms with Crippen LogP contribution in [0.15, 0.2) is 46.9 Å². The first-order valence-corrected chi connectivity index (χ1v) is 6.33. The third kappa shape index (κ3) is 2.25. The number of hydrogen-bond acceptors (Lipinski definition) is 3. The van der Waals surface area contributed by atoms with Crippen LogP contribution in [-0.4, -0.2) is 4.98 Å². The second kappa shape index (κ2) is 4.52. The zero-order valence-electron chi connectivity index (χ0n) is 11.1. The van der Waals surface area contributed by atoms with Gasteiger partial charge in [-0.3, -0.25) is 0 Å². The molecule has 0 radical (unpaired) electrons. The smallest absolute Gasteiger partial charge is 0.152 e. The lowest BCUT2D eigenvalue weighted by atomic mass is 10.0. The number of pyridine rings is 1. The van der Waals surface area contributed by atoms with Crippen molar-refractivity contribution in [1.82, 2.24) is 4.98 Å². The highest BCUT2D eigenvalue weighted by molar-refractivity contribution is 5.73. The van der Waals surface area contributed by atoms with E-state index >= 15 is 0 Å². The molecule has 2 aromatic heterocycles. The fourth-order valence-electron chi connectivity index (χ4n) is 2.14. The molecular weight excluding hydrogens is 236 g/mol. The summed E-state index contributed by atoms with van der Waals surface area (Å²) in [5, 5.41) is 0. The maximum absolute atomic E-state index is 6.25. The Morgan fingerprint density at radius 1 is 1.05 bits per heavy atom. The number of nitrogens with zero attached hydrogens (tertiary/aromatic N) is 1. The first kappa shape index (κ1) is 11.9. The molecule has 19 heavy (non-hydrogen) atoms. The average molecular weight is 252 g/mol. The Hall–Kier alpha value is -2.13. The molecule has 0 fully saturated rings. The van der Waals surface area contributed by atoms with E-state index in [0.29, 0.717) is 0 Å². The average Bonchev–Trinajstić information content (AvgIpc) is 2.81. The van der Waals surface area contributed by atoms with Gasteiger partial charge in [0.15, 0.2) is 5.58 Å². The monoisotopic (exact) mass is 252 g/mol. The molecule has 1 aromatic carbocycles. The molecule has 0 spiro atoms. The van der Waals surface area contributed by atoms with Crippen molar-refractivity contribution in [2.45, 2.75) is 19.9 Å². The summed E-state index contributed by atoms with van der Waals surface area (Å²) < 4.78 is 5.78. The molecule has 0 aliphatic carbocycles. The molecule has 0 bridgehead atoms. The van der Waals surface area contributed by atoms with Gasteiger partial charge in [0.25, 0.3) is 0 Å². The van der Waals surface area contributed by atoms with Crippen LogP contribution in [0.5, 0.6) is 0 Å². The number of rotatable bonds is 2. The van der Waals surface area contributed by atoms with Gasteiger partial charge in [-0.15, -0.1) is 0 Å². The molecule has 3 nitrogen and oxygen atoms in total. The third-order valence-corrected chi connectivity index (χ3v) is 3.27. The number of benzene rings is 1. The summed E-state index contributed by atoms with van der Waals surface area (Å²) in [7, 11) is 0. The minimum atomic E-state index is -0.255. The molecule has 0 saturated heterocycles. The number of aromatic nitrogens is 1. The highest BCUT2D eigenvalue weighted by Gasteiger charge is 2.14. The van der Waals surface area contributed by atoms with Gasteiger partial charge in [0.1, 0.15) is 11.3 Å². The van der Waals surface area contributed by atoms with Crippen LogP contribution in [-0.2, 0) is 0 Å². The fourth-order valence-corrected chi connectivity index (χ4v) is 2.14. The first-order valence-electron chi connectivity index (χ1n) is 6.33. The van der Waals surface area contributed by atoms with E-state index < -0.39 is 0 Å². The number of nitrogens with two attached hydrogens (primary N) is 1. The third-order valence-electron chi connectivity index (χ3n) is 3.27. The van der Waals surface area contributed by atoms with Crippen LogP contribution in [0.4, 0.5) is 0 Å². The number of hydrogen-bond donors (Lipinski definition) is 1. The summed E-state index contributed by atoms with van der Waals surface area (Å²) in [6, 6.07) is 13.7. The summed E-state index contributed by atoms with van der Waals surface area (Å²) in [5.74, 6) is 0.747. The zero-order chi connectivity index (χ0) is 13.4. The standard InChI is InChI=1S/C16H16N2O/c1-10-3-6-12(7-4-10)16(17)15-9-13-14(19-15)8-5-11(2)18-13/h3-9,16H,17H2,1-2H3. The summed E-state index contributed by atoms with van der Waals surface area (Å²) in [6.45, 7) is 4.02. The molecular formula is C16H16N2O. The van der Waals surface area contributed by atoms with Crippen molar-refractivity contribution >= 4 is 11.1 Å². The van der Waals surface area contributed by atoms with E-state index in [1.165, 1.54) is 5.56 Å². The first-order chi connectivity index (χ1) is 9.13. The van der Waals surface area contributed by atoms with E-state index in [1.54, 1.807) is 0 Å². The summed E-state index contributed by atoms with van der Waals surface area (Å²) in [5.41, 5.74) is 11.1. The Bertz CT molecular complexity index is 713. The van der Waals surface area contributed by atoms with E-state index in [2.05, 4.69) is 24.0 Å². The number of furan rings is 1. The normalized spacial score (nSPS) is 12.8. The topological polar surface area (TPSA) is 52.0 Å². The Morgan fingerprint density at radius 3 is 2.53 bits per heavy atom. The predicted octanol–water partition coefficient (Wildman–Crippen LogP) is 3.49. The Morgan fingerprint density at radius 2 is 1.79 bits per heavy atom. The molecule has 0 aliphatic rings. The summed E-state index contributed by atoms with van der Waals surface area (Å²) in [4.78, 5) is 4.44. The van der Waals surface area contributed by atoms with Crippen LogP contribution in [0.3, 0.4) is 0 Å². The molecule has 2 heterocycles. The maximum Gasteiger partial charge on any atom is 0.152 e. The van der Waals surface area contributed by atoms with E-state index in [0.717, 1.165) is 28.1 Å². The van der Waals surface area contributed by atoms with E-state index in [4.69, 9.17) is 10.2 Å². The van der Waals surface area contributed by atoms with Gasteiger partial charge in [-0.1, -0.05) is 29.8 Å². The highest BCUT2D eigenvalue weighted by Crippen LogP contribution is 2.26. The lowest BCUT2D eigenvalue weighted by Gasteiger charge is -2.08. The molecule has 3 heteroatoms. The van der Waals surface area contributed by atoms with Gasteiger partial charge in [0, 0.05) is 11.8 Å². The van der Waals surface area contributed by atoms with Crippen molar-refractivity contribution in [3.63, 3.8) is 0 Å². The fraction of sp³-hybridized carbons (Fsp3) is 0.188. The lowest BCUT2D eigenvalue weighted by molar-refractivity contribution is 0.525. The number of fused-ring (bicyclic) bond motifs is 1. The molecule has 1 unspecified atom stereocenters. The SMILES string of the molecule is Cc1ccc(C(N)c2cc3nc(C)ccc3o2)cc1. The summed E-state index contributed by atoms with van der Waals surface area (Å²) in [6.07, 6.45) is 0. The van der Waals surface area contributed by atoms with Gasteiger partial charge in [-0.05, 0) is 31.5 Å². The second-order valence-electron chi connectivity index (χ2n) is 4.87.